The molecular formula is C11H22N4O. The number of amides is 1. The van der Waals surface area contributed by atoms with E-state index in [1.807, 2.05) is 0 Å². The van der Waals surface area contributed by atoms with Crippen LogP contribution in [0.2, 0.25) is 0 Å². The fourth-order valence-electron chi connectivity index (χ4n) is 2.74. The third-order valence-electron chi connectivity index (χ3n) is 3.79. The Balaban J connectivity index is 1.90. The van der Waals surface area contributed by atoms with E-state index >= 15 is 0 Å². The number of hydrogen-bond acceptors (Lipinski definition) is 4. The molecule has 0 spiro atoms. The summed E-state index contributed by atoms with van der Waals surface area (Å²) >= 11 is 0. The summed E-state index contributed by atoms with van der Waals surface area (Å²) in [6.07, 6.45) is 2.57. The number of hydrogen-bond donors (Lipinski definition) is 2. The molecule has 0 bridgehead atoms. The minimum atomic E-state index is -0.902. The molecule has 2 heterocycles. The molecular weight excluding hydrogens is 204 g/mol. The van der Waals surface area contributed by atoms with Gasteiger partial charge in [0, 0.05) is 32.2 Å². The van der Waals surface area contributed by atoms with E-state index in [-0.39, 0.29) is 0 Å². The first-order valence-corrected chi connectivity index (χ1v) is 6.04. The van der Waals surface area contributed by atoms with E-state index in [0.717, 1.165) is 19.6 Å². The lowest BCUT2D eigenvalue weighted by atomic mass is 10.0. The van der Waals surface area contributed by atoms with Crippen LogP contribution in [0.3, 0.4) is 0 Å². The molecule has 4 N–H and O–H groups in total. The van der Waals surface area contributed by atoms with Gasteiger partial charge in [-0.2, -0.15) is 0 Å². The minimum absolute atomic E-state index is 0.415. The molecule has 16 heavy (non-hydrogen) atoms. The van der Waals surface area contributed by atoms with Crippen LogP contribution in [0.4, 0.5) is 0 Å². The molecule has 2 aliphatic heterocycles. The average molecular weight is 226 g/mol. The maximum atomic E-state index is 11.2. The molecule has 5 nitrogen and oxygen atoms in total. The van der Waals surface area contributed by atoms with E-state index < -0.39 is 11.4 Å². The second-order valence-electron chi connectivity index (χ2n) is 5.35. The van der Waals surface area contributed by atoms with Crippen LogP contribution in [0.25, 0.3) is 0 Å². The van der Waals surface area contributed by atoms with Crippen LogP contribution in [-0.4, -0.2) is 60.0 Å². The summed E-state index contributed by atoms with van der Waals surface area (Å²) in [5, 5.41) is 0. The van der Waals surface area contributed by atoms with Gasteiger partial charge in [-0.25, -0.2) is 0 Å². The van der Waals surface area contributed by atoms with Crippen molar-refractivity contribution in [2.24, 2.45) is 11.5 Å². The molecule has 2 saturated heterocycles. The van der Waals surface area contributed by atoms with Crippen LogP contribution < -0.4 is 11.5 Å². The summed E-state index contributed by atoms with van der Waals surface area (Å²) in [5.74, 6) is -0.415. The Labute approximate surface area is 96.7 Å². The summed E-state index contributed by atoms with van der Waals surface area (Å²) in [6.45, 7) is 6.65. The van der Waals surface area contributed by atoms with E-state index in [0.29, 0.717) is 12.6 Å². The van der Waals surface area contributed by atoms with Crippen molar-refractivity contribution in [3.8, 4) is 0 Å². The minimum Gasteiger partial charge on any atom is -0.368 e. The highest BCUT2D eigenvalue weighted by atomic mass is 16.1. The standard InChI is InChI=1S/C11H22N4O/c1-11(13,10(12)16)8-14-5-6-15-4-2-3-9(15)7-14/h9H,2-8,13H2,1H3,(H2,12,16). The molecule has 0 saturated carbocycles. The molecule has 0 aromatic carbocycles. The molecule has 1 amide bonds. The van der Waals surface area contributed by atoms with Gasteiger partial charge in [0.05, 0.1) is 0 Å². The molecule has 2 unspecified atom stereocenters. The first-order chi connectivity index (χ1) is 7.49. The first-order valence-electron chi connectivity index (χ1n) is 6.04. The topological polar surface area (TPSA) is 75.6 Å². The van der Waals surface area contributed by atoms with Crippen LogP contribution in [0.5, 0.6) is 0 Å². The van der Waals surface area contributed by atoms with Crippen LogP contribution in [0, 0.1) is 0 Å². The SMILES string of the molecule is CC(N)(CN1CCN2CCCC2C1)C(N)=O. The Kier molecular flexibility index (Phi) is 3.19. The number of piperazine rings is 1. The number of fused-ring (bicyclic) bond motifs is 1. The number of nitrogens with zero attached hydrogens (tertiary/aromatic N) is 2. The van der Waals surface area contributed by atoms with Crippen LogP contribution in [-0.2, 0) is 4.79 Å². The second kappa shape index (κ2) is 4.31. The predicted octanol–water partition coefficient (Wildman–Crippen LogP) is -1.03. The molecule has 2 aliphatic rings. The first kappa shape index (κ1) is 11.8. The third kappa shape index (κ3) is 2.36. The lowest BCUT2D eigenvalue weighted by molar-refractivity contribution is -0.123. The van der Waals surface area contributed by atoms with Gasteiger partial charge in [-0.05, 0) is 26.3 Å². The van der Waals surface area contributed by atoms with Gasteiger partial charge in [-0.3, -0.25) is 14.6 Å². The molecule has 5 heteroatoms. The van der Waals surface area contributed by atoms with E-state index in [2.05, 4.69) is 9.80 Å². The van der Waals surface area contributed by atoms with Crippen LogP contribution in [0.1, 0.15) is 19.8 Å². The Morgan fingerprint density at radius 1 is 1.44 bits per heavy atom. The largest absolute Gasteiger partial charge is 0.368 e. The highest BCUT2D eigenvalue weighted by Crippen LogP contribution is 2.22. The van der Waals surface area contributed by atoms with Gasteiger partial charge in [0.15, 0.2) is 0 Å². The molecule has 2 rings (SSSR count). The quantitative estimate of drug-likeness (QED) is 0.645. The van der Waals surface area contributed by atoms with E-state index in [9.17, 15) is 4.79 Å². The van der Waals surface area contributed by atoms with Crippen LogP contribution in [0.15, 0.2) is 0 Å². The van der Waals surface area contributed by atoms with Gasteiger partial charge in [0.2, 0.25) is 5.91 Å². The van der Waals surface area contributed by atoms with Gasteiger partial charge in [-0.1, -0.05) is 0 Å². The van der Waals surface area contributed by atoms with Crippen molar-refractivity contribution in [1.82, 2.24) is 9.80 Å². The average Bonchev–Trinajstić information content (AvgIpc) is 2.63. The zero-order valence-corrected chi connectivity index (χ0v) is 9.98. The van der Waals surface area contributed by atoms with Crippen molar-refractivity contribution in [2.45, 2.75) is 31.3 Å². The number of carbonyl (C=O) groups is 1. The van der Waals surface area contributed by atoms with Gasteiger partial charge in [0.1, 0.15) is 5.54 Å². The van der Waals surface area contributed by atoms with Gasteiger partial charge >= 0.3 is 0 Å². The summed E-state index contributed by atoms with van der Waals surface area (Å²) in [4.78, 5) is 16.0. The normalized spacial score (nSPS) is 31.0. The van der Waals surface area contributed by atoms with Gasteiger partial charge < -0.3 is 11.5 Å². The molecule has 2 atom stereocenters. The maximum Gasteiger partial charge on any atom is 0.238 e. The summed E-state index contributed by atoms with van der Waals surface area (Å²) < 4.78 is 0. The fraction of sp³-hybridized carbons (Fsp3) is 0.909. The van der Waals surface area contributed by atoms with E-state index in [4.69, 9.17) is 11.5 Å². The molecule has 0 radical (unpaired) electrons. The monoisotopic (exact) mass is 226 g/mol. The summed E-state index contributed by atoms with van der Waals surface area (Å²) in [6, 6.07) is 0.664. The van der Waals surface area contributed by atoms with Crippen molar-refractivity contribution in [1.29, 1.82) is 0 Å². The zero-order valence-electron chi connectivity index (χ0n) is 9.98. The zero-order chi connectivity index (χ0) is 11.8. The lowest BCUT2D eigenvalue weighted by Gasteiger charge is -2.40. The Morgan fingerprint density at radius 2 is 2.19 bits per heavy atom. The highest BCUT2D eigenvalue weighted by Gasteiger charge is 2.34. The number of primary amides is 1. The van der Waals surface area contributed by atoms with Gasteiger partial charge in [0.25, 0.3) is 0 Å². The van der Waals surface area contributed by atoms with Crippen molar-refractivity contribution >= 4 is 5.91 Å². The molecule has 92 valence electrons. The lowest BCUT2D eigenvalue weighted by Crippen LogP contribution is -2.60. The molecule has 0 aliphatic carbocycles. The Hall–Kier alpha value is -0.650. The fourth-order valence-corrected chi connectivity index (χ4v) is 2.74. The second-order valence-corrected chi connectivity index (χ2v) is 5.35. The number of carbonyl (C=O) groups excluding carboxylic acids is 1. The Bertz CT molecular complexity index is 279. The predicted molar refractivity (Wildman–Crippen MR) is 62.8 cm³/mol. The molecule has 2 fully saturated rings. The number of nitrogens with two attached hydrogens (primary N) is 2. The maximum absolute atomic E-state index is 11.2. The van der Waals surface area contributed by atoms with Crippen molar-refractivity contribution in [3.63, 3.8) is 0 Å². The van der Waals surface area contributed by atoms with Crippen molar-refractivity contribution in [2.75, 3.05) is 32.7 Å². The summed E-state index contributed by atoms with van der Waals surface area (Å²) in [7, 11) is 0. The highest BCUT2D eigenvalue weighted by molar-refractivity contribution is 5.84. The van der Waals surface area contributed by atoms with Gasteiger partial charge in [-0.15, -0.1) is 0 Å². The van der Waals surface area contributed by atoms with Crippen molar-refractivity contribution < 1.29 is 4.79 Å². The van der Waals surface area contributed by atoms with E-state index in [1.54, 1.807) is 6.92 Å². The Morgan fingerprint density at radius 3 is 2.88 bits per heavy atom. The molecule has 0 aromatic rings. The smallest absolute Gasteiger partial charge is 0.238 e. The van der Waals surface area contributed by atoms with Crippen molar-refractivity contribution in [3.05, 3.63) is 0 Å². The summed E-state index contributed by atoms with van der Waals surface area (Å²) in [5.41, 5.74) is 10.3. The van der Waals surface area contributed by atoms with Crippen LogP contribution >= 0.6 is 0 Å². The number of rotatable bonds is 3. The van der Waals surface area contributed by atoms with E-state index in [1.165, 1.54) is 19.4 Å². The molecule has 0 aromatic heterocycles. The third-order valence-corrected chi connectivity index (χ3v) is 3.79.